The minimum Gasteiger partial charge on any atom is -0.369 e. The number of hydrogen-bond acceptors (Lipinski definition) is 2. The molecule has 1 fully saturated rings. The summed E-state index contributed by atoms with van der Waals surface area (Å²) in [5, 5.41) is 6.99. The van der Waals surface area contributed by atoms with Gasteiger partial charge in [-0.1, -0.05) is 24.3 Å². The fourth-order valence-electron chi connectivity index (χ4n) is 1.91. The molecule has 0 spiro atoms. The molecule has 0 heterocycles. The van der Waals surface area contributed by atoms with Gasteiger partial charge in [0.1, 0.15) is 0 Å². The minimum absolute atomic E-state index is 0.151. The average molecular weight is 270 g/mol. The second kappa shape index (κ2) is 4.56. The Kier molecular flexibility index (Phi) is 3.21. The number of hydrogen-bond donors (Lipinski definition) is 2. The van der Waals surface area contributed by atoms with Crippen LogP contribution in [0.25, 0.3) is 0 Å². The zero-order valence-corrected chi connectivity index (χ0v) is 9.98. The summed E-state index contributed by atoms with van der Waals surface area (Å²) in [6.07, 6.45) is -2.52. The van der Waals surface area contributed by atoms with Crippen molar-refractivity contribution < 1.29 is 13.2 Å². The highest BCUT2D eigenvalue weighted by Gasteiger charge is 2.64. The largest absolute Gasteiger partial charge is 0.398 e. The molecule has 102 valence electrons. The normalized spacial score (nSPS) is 17.4. The smallest absolute Gasteiger partial charge is 0.369 e. The van der Waals surface area contributed by atoms with Gasteiger partial charge in [-0.25, -0.2) is 0 Å². The lowest BCUT2D eigenvalue weighted by Gasteiger charge is -2.19. The van der Waals surface area contributed by atoms with E-state index in [-0.39, 0.29) is 18.8 Å². The second-order valence-electron chi connectivity index (χ2n) is 4.47. The van der Waals surface area contributed by atoms with E-state index in [1.807, 2.05) is 0 Å². The third-order valence-corrected chi connectivity index (χ3v) is 3.14. The zero-order valence-electron chi connectivity index (χ0n) is 9.98. The number of guanidine groups is 1. The maximum absolute atomic E-state index is 12.9. The van der Waals surface area contributed by atoms with Crippen LogP contribution in [0.1, 0.15) is 24.0 Å². The van der Waals surface area contributed by atoms with Crippen LogP contribution >= 0.6 is 0 Å². The number of nitrogens with zero attached hydrogens (tertiary/aromatic N) is 2. The fourth-order valence-corrected chi connectivity index (χ4v) is 1.91. The molecule has 1 aromatic carbocycles. The summed E-state index contributed by atoms with van der Waals surface area (Å²) < 4.78 is 38.7. The van der Waals surface area contributed by atoms with Crippen LogP contribution in [0.4, 0.5) is 13.2 Å². The van der Waals surface area contributed by atoms with E-state index < -0.39 is 11.6 Å². The quantitative estimate of drug-likeness (QED) is 0.500. The van der Waals surface area contributed by atoms with Crippen molar-refractivity contribution in [3.8, 4) is 0 Å². The monoisotopic (exact) mass is 270 g/mol. The molecular formula is C12H13F3N4. The van der Waals surface area contributed by atoms with Crippen molar-refractivity contribution >= 4 is 12.2 Å². The molecule has 0 unspecified atom stereocenters. The first-order chi connectivity index (χ1) is 8.85. The van der Waals surface area contributed by atoms with E-state index in [1.165, 1.54) is 18.3 Å². The molecular weight excluding hydrogens is 257 g/mol. The van der Waals surface area contributed by atoms with Gasteiger partial charge in [0.2, 0.25) is 5.96 Å². The number of nitrogens with two attached hydrogens (primary N) is 2. The number of rotatable bonds is 3. The van der Waals surface area contributed by atoms with Gasteiger partial charge < -0.3 is 11.5 Å². The molecule has 4 N–H and O–H groups in total. The lowest BCUT2D eigenvalue weighted by molar-refractivity contribution is -0.160. The van der Waals surface area contributed by atoms with Crippen molar-refractivity contribution in [1.82, 2.24) is 0 Å². The first kappa shape index (κ1) is 13.4. The molecule has 1 aliphatic rings. The van der Waals surface area contributed by atoms with E-state index in [0.29, 0.717) is 11.1 Å². The highest BCUT2D eigenvalue weighted by atomic mass is 19.4. The lowest BCUT2D eigenvalue weighted by Crippen LogP contribution is -2.28. The van der Waals surface area contributed by atoms with Crippen molar-refractivity contribution in [2.75, 3.05) is 0 Å². The minimum atomic E-state index is -4.19. The highest BCUT2D eigenvalue weighted by Crippen LogP contribution is 2.58. The summed E-state index contributed by atoms with van der Waals surface area (Å²) in [6.45, 7) is 0. The predicted molar refractivity (Wildman–Crippen MR) is 66.8 cm³/mol. The number of alkyl halides is 3. The van der Waals surface area contributed by atoms with Gasteiger partial charge in [0.05, 0.1) is 11.6 Å². The molecule has 0 aliphatic heterocycles. The van der Waals surface area contributed by atoms with Crippen molar-refractivity contribution in [3.05, 3.63) is 35.4 Å². The van der Waals surface area contributed by atoms with Gasteiger partial charge in [-0.15, -0.1) is 5.10 Å². The number of benzene rings is 1. The van der Waals surface area contributed by atoms with Gasteiger partial charge in [-0.2, -0.15) is 18.3 Å². The van der Waals surface area contributed by atoms with Gasteiger partial charge in [-0.3, -0.25) is 0 Å². The molecule has 0 radical (unpaired) electrons. The van der Waals surface area contributed by atoms with Gasteiger partial charge >= 0.3 is 6.18 Å². The highest BCUT2D eigenvalue weighted by molar-refractivity contribution is 5.81. The Labute approximate surface area is 108 Å². The summed E-state index contributed by atoms with van der Waals surface area (Å²) in [5.74, 6) is -0.179. The molecule has 1 aliphatic carbocycles. The summed E-state index contributed by atoms with van der Waals surface area (Å²) >= 11 is 0. The first-order valence-electron chi connectivity index (χ1n) is 5.64. The lowest BCUT2D eigenvalue weighted by atomic mass is 9.94. The van der Waals surface area contributed by atoms with Gasteiger partial charge in [0.15, 0.2) is 0 Å². The fraction of sp³-hybridized carbons (Fsp3) is 0.333. The Morgan fingerprint density at radius 2 is 1.74 bits per heavy atom. The van der Waals surface area contributed by atoms with Crippen molar-refractivity contribution in [2.24, 2.45) is 21.7 Å². The first-order valence-corrected chi connectivity index (χ1v) is 5.64. The van der Waals surface area contributed by atoms with E-state index >= 15 is 0 Å². The summed E-state index contributed by atoms with van der Waals surface area (Å²) in [6, 6.07) is 6.06. The second-order valence-corrected chi connectivity index (χ2v) is 4.47. The van der Waals surface area contributed by atoms with E-state index in [2.05, 4.69) is 10.2 Å². The maximum atomic E-state index is 12.9. The number of halogens is 3. The SMILES string of the molecule is NC(N)=NN=Cc1ccc(C2(C(F)(F)F)CC2)cc1. The molecule has 2 rings (SSSR count). The molecule has 1 saturated carbocycles. The zero-order chi connectivity index (χ0) is 14.1. The topological polar surface area (TPSA) is 76.8 Å². The Morgan fingerprint density at radius 1 is 1.16 bits per heavy atom. The molecule has 0 atom stereocenters. The van der Waals surface area contributed by atoms with Gasteiger partial charge in [0.25, 0.3) is 0 Å². The van der Waals surface area contributed by atoms with Crippen molar-refractivity contribution in [2.45, 2.75) is 24.4 Å². The molecule has 0 saturated heterocycles. The molecule has 4 nitrogen and oxygen atoms in total. The van der Waals surface area contributed by atoms with Crippen LogP contribution in [0.3, 0.4) is 0 Å². The molecule has 7 heteroatoms. The molecule has 0 aromatic heterocycles. The third kappa shape index (κ3) is 2.69. The molecule has 0 bridgehead atoms. The van der Waals surface area contributed by atoms with Gasteiger partial charge in [-0.05, 0) is 24.0 Å². The summed E-state index contributed by atoms with van der Waals surface area (Å²) in [4.78, 5) is 0. The van der Waals surface area contributed by atoms with Crippen LogP contribution in [0.2, 0.25) is 0 Å². The van der Waals surface area contributed by atoms with Crippen LogP contribution in [-0.4, -0.2) is 18.4 Å². The third-order valence-electron chi connectivity index (χ3n) is 3.14. The van der Waals surface area contributed by atoms with Crippen molar-refractivity contribution in [3.63, 3.8) is 0 Å². The van der Waals surface area contributed by atoms with Gasteiger partial charge in [0, 0.05) is 0 Å². The predicted octanol–water partition coefficient (Wildman–Crippen LogP) is 1.89. The molecule has 19 heavy (non-hydrogen) atoms. The maximum Gasteiger partial charge on any atom is 0.398 e. The summed E-state index contributed by atoms with van der Waals surface area (Å²) in [7, 11) is 0. The van der Waals surface area contributed by atoms with Crippen LogP contribution in [0.15, 0.2) is 34.5 Å². The average Bonchev–Trinajstić information content (AvgIpc) is 3.10. The van der Waals surface area contributed by atoms with E-state index in [9.17, 15) is 13.2 Å². The van der Waals surface area contributed by atoms with E-state index in [0.717, 1.165) is 0 Å². The van der Waals surface area contributed by atoms with Crippen LogP contribution in [0.5, 0.6) is 0 Å². The van der Waals surface area contributed by atoms with Crippen LogP contribution in [0, 0.1) is 0 Å². The van der Waals surface area contributed by atoms with Crippen molar-refractivity contribution in [1.29, 1.82) is 0 Å². The Hall–Kier alpha value is -2.05. The standard InChI is InChI=1S/C12H13F3N4/c13-12(14,15)11(5-6-11)9-3-1-8(2-4-9)7-18-19-10(16)17/h1-4,7H,5-6H2,(H4,16,17,19). The Bertz CT molecular complexity index is 509. The van der Waals surface area contributed by atoms with Crippen LogP contribution < -0.4 is 11.5 Å². The molecule has 1 aromatic rings. The van der Waals surface area contributed by atoms with E-state index in [4.69, 9.17) is 11.5 Å². The van der Waals surface area contributed by atoms with E-state index in [1.54, 1.807) is 12.1 Å². The van der Waals surface area contributed by atoms with Crippen LogP contribution in [-0.2, 0) is 5.41 Å². The molecule has 0 amide bonds. The Balaban J connectivity index is 2.16. The summed E-state index contributed by atoms with van der Waals surface area (Å²) in [5.41, 5.74) is 9.44. The Morgan fingerprint density at radius 3 is 2.16 bits per heavy atom.